The molecule has 1 N–H and O–H groups in total. The van der Waals surface area contributed by atoms with Crippen molar-refractivity contribution in [1.82, 2.24) is 14.8 Å². The van der Waals surface area contributed by atoms with E-state index in [0.717, 1.165) is 28.4 Å². The summed E-state index contributed by atoms with van der Waals surface area (Å²) in [6, 6.07) is 21.5. The molecule has 0 aliphatic heterocycles. The van der Waals surface area contributed by atoms with Crippen molar-refractivity contribution in [1.29, 1.82) is 0 Å². The summed E-state index contributed by atoms with van der Waals surface area (Å²) in [7, 11) is 0. The van der Waals surface area contributed by atoms with Crippen molar-refractivity contribution >= 4 is 23.4 Å². The summed E-state index contributed by atoms with van der Waals surface area (Å²) in [6.07, 6.45) is 1.65. The molecule has 0 radical (unpaired) electrons. The largest absolute Gasteiger partial charge is 0.469 e. The summed E-state index contributed by atoms with van der Waals surface area (Å²) >= 11 is 1.37. The van der Waals surface area contributed by atoms with Gasteiger partial charge < -0.3 is 9.73 Å². The number of para-hydroxylation sites is 1. The Kier molecular flexibility index (Phi) is 5.99. The molecular weight excluding hydrogens is 396 g/mol. The first-order valence-electron chi connectivity index (χ1n) is 9.65. The molecule has 1 amide bonds. The first kappa shape index (κ1) is 20.0. The van der Waals surface area contributed by atoms with E-state index in [1.54, 1.807) is 6.26 Å². The lowest BCUT2D eigenvalue weighted by atomic mass is 10.1. The first-order valence-corrected chi connectivity index (χ1v) is 10.6. The molecule has 30 heavy (non-hydrogen) atoms. The highest BCUT2D eigenvalue weighted by atomic mass is 32.2. The average molecular weight is 419 g/mol. The Morgan fingerprint density at radius 3 is 2.43 bits per heavy atom. The smallest absolute Gasteiger partial charge is 0.234 e. The molecular formula is C23H22N4O2S. The lowest BCUT2D eigenvalue weighted by molar-refractivity contribution is -0.113. The zero-order valence-corrected chi connectivity index (χ0v) is 17.6. The molecule has 4 aromatic rings. The molecule has 2 aromatic carbocycles. The minimum absolute atomic E-state index is 0.00909. The fraction of sp³-hybridized carbons (Fsp3) is 0.174. The van der Waals surface area contributed by atoms with Gasteiger partial charge in [-0.3, -0.25) is 9.36 Å². The van der Waals surface area contributed by atoms with Gasteiger partial charge in [-0.15, -0.1) is 10.2 Å². The molecule has 0 saturated heterocycles. The Hall–Kier alpha value is -3.32. The zero-order valence-electron chi connectivity index (χ0n) is 16.8. The molecule has 2 aromatic heterocycles. The van der Waals surface area contributed by atoms with Crippen LogP contribution in [0, 0.1) is 6.92 Å². The van der Waals surface area contributed by atoms with E-state index in [1.807, 2.05) is 61.5 Å². The van der Waals surface area contributed by atoms with Crippen molar-refractivity contribution in [3.63, 3.8) is 0 Å². The predicted molar refractivity (Wildman–Crippen MR) is 119 cm³/mol. The maximum Gasteiger partial charge on any atom is 0.234 e. The second-order valence-corrected chi connectivity index (χ2v) is 7.80. The number of rotatable bonds is 7. The SMILES string of the molecule is Cc1occc1-c1nnc(SCC(=O)Nc2ccccc2)n1[C@@H](C)c1ccccc1. The van der Waals surface area contributed by atoms with Gasteiger partial charge in [0.25, 0.3) is 0 Å². The molecule has 4 rings (SSSR count). The summed E-state index contributed by atoms with van der Waals surface area (Å²) < 4.78 is 7.54. The topological polar surface area (TPSA) is 72.9 Å². The minimum Gasteiger partial charge on any atom is -0.469 e. The summed E-state index contributed by atoms with van der Waals surface area (Å²) in [6.45, 7) is 4.01. The van der Waals surface area contributed by atoms with Gasteiger partial charge in [0.05, 0.1) is 23.6 Å². The van der Waals surface area contributed by atoms with E-state index < -0.39 is 0 Å². The van der Waals surface area contributed by atoms with Gasteiger partial charge in [-0.2, -0.15) is 0 Å². The Bertz CT molecular complexity index is 1120. The number of nitrogens with zero attached hydrogens (tertiary/aromatic N) is 3. The number of carbonyl (C=O) groups is 1. The van der Waals surface area contributed by atoms with Crippen LogP contribution >= 0.6 is 11.8 Å². The number of hydrogen-bond donors (Lipinski definition) is 1. The van der Waals surface area contributed by atoms with E-state index in [0.29, 0.717) is 5.16 Å². The van der Waals surface area contributed by atoms with Crippen LogP contribution in [0.4, 0.5) is 5.69 Å². The van der Waals surface area contributed by atoms with Crippen LogP contribution in [-0.2, 0) is 4.79 Å². The molecule has 0 aliphatic carbocycles. The van der Waals surface area contributed by atoms with Gasteiger partial charge in [-0.05, 0) is 37.6 Å². The third-order valence-electron chi connectivity index (χ3n) is 4.82. The van der Waals surface area contributed by atoms with E-state index in [2.05, 4.69) is 39.1 Å². The summed E-state index contributed by atoms with van der Waals surface area (Å²) in [5.74, 6) is 1.65. The second kappa shape index (κ2) is 9.00. The highest BCUT2D eigenvalue weighted by Crippen LogP contribution is 2.32. The number of nitrogens with one attached hydrogen (secondary N) is 1. The van der Waals surface area contributed by atoms with Gasteiger partial charge in [0.1, 0.15) is 5.76 Å². The van der Waals surface area contributed by atoms with Crippen LogP contribution in [0.3, 0.4) is 0 Å². The number of carbonyl (C=O) groups excluding carboxylic acids is 1. The molecule has 6 nitrogen and oxygen atoms in total. The average Bonchev–Trinajstić information content (AvgIpc) is 3.38. The van der Waals surface area contributed by atoms with Crippen molar-refractivity contribution in [3.8, 4) is 11.4 Å². The quantitative estimate of drug-likeness (QED) is 0.418. The van der Waals surface area contributed by atoms with Crippen LogP contribution in [0.2, 0.25) is 0 Å². The fourth-order valence-corrected chi connectivity index (χ4v) is 4.07. The maximum absolute atomic E-state index is 12.4. The van der Waals surface area contributed by atoms with Crippen LogP contribution in [0.25, 0.3) is 11.4 Å². The molecule has 0 unspecified atom stereocenters. The van der Waals surface area contributed by atoms with Gasteiger partial charge >= 0.3 is 0 Å². The van der Waals surface area contributed by atoms with Gasteiger partial charge in [-0.25, -0.2) is 0 Å². The molecule has 0 spiro atoms. The lowest BCUT2D eigenvalue weighted by Gasteiger charge is -2.18. The highest BCUT2D eigenvalue weighted by Gasteiger charge is 2.23. The minimum atomic E-state index is -0.0887. The van der Waals surface area contributed by atoms with E-state index in [4.69, 9.17) is 4.42 Å². The number of amides is 1. The number of aryl methyl sites for hydroxylation is 1. The third-order valence-corrected chi connectivity index (χ3v) is 5.77. The Morgan fingerprint density at radius 2 is 1.77 bits per heavy atom. The van der Waals surface area contributed by atoms with Crippen molar-refractivity contribution in [3.05, 3.63) is 84.3 Å². The molecule has 7 heteroatoms. The zero-order chi connectivity index (χ0) is 20.9. The monoisotopic (exact) mass is 418 g/mol. The summed E-state index contributed by atoms with van der Waals surface area (Å²) in [4.78, 5) is 12.4. The predicted octanol–water partition coefficient (Wildman–Crippen LogP) is 5.19. The molecule has 0 aliphatic rings. The highest BCUT2D eigenvalue weighted by molar-refractivity contribution is 7.99. The number of aromatic nitrogens is 3. The van der Waals surface area contributed by atoms with Gasteiger partial charge in [-0.1, -0.05) is 60.3 Å². The Balaban J connectivity index is 1.60. The number of anilines is 1. The first-order chi connectivity index (χ1) is 14.6. The Morgan fingerprint density at radius 1 is 1.07 bits per heavy atom. The van der Waals surface area contributed by atoms with E-state index in [-0.39, 0.29) is 17.7 Å². The molecule has 152 valence electrons. The molecule has 1 atom stereocenters. The molecule has 0 fully saturated rings. The standard InChI is InChI=1S/C23H22N4O2S/c1-16(18-9-5-3-6-10-18)27-22(20-13-14-29-17(20)2)25-26-23(27)30-15-21(28)24-19-11-7-4-8-12-19/h3-14,16H,15H2,1-2H3,(H,24,28)/t16-/m0/s1. The second-order valence-electron chi connectivity index (χ2n) is 6.86. The van der Waals surface area contributed by atoms with Crippen LogP contribution in [0.5, 0.6) is 0 Å². The summed E-state index contributed by atoms with van der Waals surface area (Å²) in [5.41, 5.74) is 2.80. The number of thioether (sulfide) groups is 1. The van der Waals surface area contributed by atoms with E-state index in [9.17, 15) is 4.79 Å². The van der Waals surface area contributed by atoms with Gasteiger partial charge in [0.2, 0.25) is 5.91 Å². The number of hydrogen-bond acceptors (Lipinski definition) is 5. The molecule has 2 heterocycles. The van der Waals surface area contributed by atoms with Crippen molar-refractivity contribution in [2.45, 2.75) is 25.0 Å². The molecule has 0 bridgehead atoms. The molecule has 0 saturated carbocycles. The van der Waals surface area contributed by atoms with Crippen LogP contribution in [0.15, 0.2) is 82.6 Å². The number of benzene rings is 2. The number of furan rings is 1. The van der Waals surface area contributed by atoms with Crippen molar-refractivity contribution in [2.75, 3.05) is 11.1 Å². The van der Waals surface area contributed by atoms with Gasteiger partial charge in [0.15, 0.2) is 11.0 Å². The van der Waals surface area contributed by atoms with Crippen molar-refractivity contribution in [2.24, 2.45) is 0 Å². The van der Waals surface area contributed by atoms with E-state index >= 15 is 0 Å². The lowest BCUT2D eigenvalue weighted by Crippen LogP contribution is -2.15. The summed E-state index contributed by atoms with van der Waals surface area (Å²) in [5, 5.41) is 12.4. The van der Waals surface area contributed by atoms with Crippen molar-refractivity contribution < 1.29 is 9.21 Å². The van der Waals surface area contributed by atoms with Crippen LogP contribution in [-0.4, -0.2) is 26.4 Å². The third kappa shape index (κ3) is 4.31. The maximum atomic E-state index is 12.4. The van der Waals surface area contributed by atoms with Gasteiger partial charge in [0, 0.05) is 5.69 Å². The Labute approximate surface area is 179 Å². The van der Waals surface area contributed by atoms with Crippen LogP contribution < -0.4 is 5.32 Å². The fourth-order valence-electron chi connectivity index (χ4n) is 3.25. The normalized spacial score (nSPS) is 11.9. The van der Waals surface area contributed by atoms with E-state index in [1.165, 1.54) is 11.8 Å². The van der Waals surface area contributed by atoms with Crippen LogP contribution in [0.1, 0.15) is 24.3 Å².